The fourth-order valence-corrected chi connectivity index (χ4v) is 2.13. The van der Waals surface area contributed by atoms with E-state index in [1.807, 2.05) is 0 Å². The highest BCUT2D eigenvalue weighted by atomic mass is 16.3. The predicted molar refractivity (Wildman–Crippen MR) is 60.3 cm³/mol. The highest BCUT2D eigenvalue weighted by Crippen LogP contribution is 2.09. The smallest absolute Gasteiger partial charge is 0.345 e. The maximum Gasteiger partial charge on any atom is 0.345 e. The fourth-order valence-electron chi connectivity index (χ4n) is 2.13. The molecule has 0 fully saturated rings. The van der Waals surface area contributed by atoms with E-state index in [0.717, 1.165) is 38.1 Å². The van der Waals surface area contributed by atoms with Gasteiger partial charge in [-0.2, -0.15) is 5.10 Å². The van der Waals surface area contributed by atoms with Crippen LogP contribution in [-0.2, 0) is 19.5 Å². The maximum absolute atomic E-state index is 11.9. The zero-order valence-corrected chi connectivity index (χ0v) is 9.72. The second-order valence-electron chi connectivity index (χ2n) is 4.52. The second-order valence-corrected chi connectivity index (χ2v) is 4.52. The Bertz CT molecular complexity index is 406. The molecular weight excluding hydrogens is 206 g/mol. The fraction of sp³-hybridized carbons (Fsp3) is 0.818. The Balaban J connectivity index is 2.04. The number of nitrogens with zero attached hydrogens (tertiary/aromatic N) is 3. The Hall–Kier alpha value is -1.10. The highest BCUT2D eigenvalue weighted by molar-refractivity contribution is 4.91. The minimum atomic E-state index is -0.298. The summed E-state index contributed by atoms with van der Waals surface area (Å²) in [5, 5.41) is 13.5. The number of aryl methyl sites for hydroxylation is 2. The van der Waals surface area contributed by atoms with E-state index in [-0.39, 0.29) is 11.8 Å². The van der Waals surface area contributed by atoms with Gasteiger partial charge in [-0.3, -0.25) is 4.57 Å². The van der Waals surface area contributed by atoms with E-state index in [4.69, 9.17) is 5.11 Å². The van der Waals surface area contributed by atoms with Crippen molar-refractivity contribution in [2.45, 2.75) is 58.2 Å². The first-order chi connectivity index (χ1) is 7.68. The maximum atomic E-state index is 11.9. The van der Waals surface area contributed by atoms with Gasteiger partial charge in [-0.05, 0) is 32.6 Å². The number of hydrogen-bond acceptors (Lipinski definition) is 3. The SMILES string of the molecule is CC(O)CCCn1nc2n(c1=O)CCCC2. The molecule has 2 heterocycles. The average molecular weight is 225 g/mol. The first-order valence-electron chi connectivity index (χ1n) is 6.03. The third kappa shape index (κ3) is 2.35. The van der Waals surface area contributed by atoms with E-state index in [0.29, 0.717) is 13.0 Å². The van der Waals surface area contributed by atoms with Gasteiger partial charge in [0.1, 0.15) is 5.82 Å². The van der Waals surface area contributed by atoms with Crippen LogP contribution in [0.25, 0.3) is 0 Å². The summed E-state index contributed by atoms with van der Waals surface area (Å²) in [5.41, 5.74) is 0.0142. The minimum Gasteiger partial charge on any atom is -0.393 e. The summed E-state index contributed by atoms with van der Waals surface area (Å²) >= 11 is 0. The minimum absolute atomic E-state index is 0.0142. The topological polar surface area (TPSA) is 60.0 Å². The van der Waals surface area contributed by atoms with Crippen LogP contribution in [-0.4, -0.2) is 25.6 Å². The van der Waals surface area contributed by atoms with Crippen LogP contribution in [0.3, 0.4) is 0 Å². The van der Waals surface area contributed by atoms with Crippen molar-refractivity contribution in [1.82, 2.24) is 14.3 Å². The molecule has 0 amide bonds. The van der Waals surface area contributed by atoms with Gasteiger partial charge in [0.2, 0.25) is 0 Å². The Morgan fingerprint density at radius 1 is 1.50 bits per heavy atom. The predicted octanol–water partition coefficient (Wildman–Crippen LogP) is 0.542. The number of aliphatic hydroxyl groups is 1. The normalized spacial score (nSPS) is 17.1. The molecule has 0 aliphatic carbocycles. The molecular formula is C11H19N3O2. The molecule has 1 N–H and O–H groups in total. The van der Waals surface area contributed by atoms with E-state index in [1.54, 1.807) is 16.2 Å². The Kier molecular flexibility index (Phi) is 3.43. The molecule has 1 aromatic heterocycles. The molecule has 16 heavy (non-hydrogen) atoms. The van der Waals surface area contributed by atoms with Crippen LogP contribution in [0.15, 0.2) is 4.79 Å². The van der Waals surface area contributed by atoms with Crippen LogP contribution < -0.4 is 5.69 Å². The van der Waals surface area contributed by atoms with Gasteiger partial charge in [-0.15, -0.1) is 0 Å². The first-order valence-corrected chi connectivity index (χ1v) is 6.03. The first kappa shape index (κ1) is 11.4. The number of hydrogen-bond donors (Lipinski definition) is 1. The molecule has 0 aromatic carbocycles. The molecule has 90 valence electrons. The Morgan fingerprint density at radius 3 is 3.00 bits per heavy atom. The second kappa shape index (κ2) is 4.82. The van der Waals surface area contributed by atoms with Crippen molar-refractivity contribution in [2.24, 2.45) is 0 Å². The van der Waals surface area contributed by atoms with E-state index in [1.165, 1.54) is 0 Å². The number of aromatic nitrogens is 3. The van der Waals surface area contributed by atoms with Crippen LogP contribution in [0.5, 0.6) is 0 Å². The number of fused-ring (bicyclic) bond motifs is 1. The molecule has 5 nitrogen and oxygen atoms in total. The molecule has 1 aliphatic rings. The van der Waals surface area contributed by atoms with Crippen molar-refractivity contribution in [3.05, 3.63) is 16.3 Å². The van der Waals surface area contributed by atoms with Crippen molar-refractivity contribution < 1.29 is 5.11 Å². The standard InChI is InChI=1S/C11H19N3O2/c1-9(15)5-4-8-14-11(16)13-7-3-2-6-10(13)12-14/h9,15H,2-8H2,1H3. The van der Waals surface area contributed by atoms with Crippen LogP contribution >= 0.6 is 0 Å². The van der Waals surface area contributed by atoms with Gasteiger partial charge in [-0.25, -0.2) is 9.48 Å². The summed E-state index contributed by atoms with van der Waals surface area (Å²) in [6.07, 6.45) is 4.34. The van der Waals surface area contributed by atoms with E-state index < -0.39 is 0 Å². The van der Waals surface area contributed by atoms with Crippen molar-refractivity contribution >= 4 is 0 Å². The largest absolute Gasteiger partial charge is 0.393 e. The van der Waals surface area contributed by atoms with Crippen LogP contribution in [0, 0.1) is 0 Å². The van der Waals surface area contributed by atoms with Crippen LogP contribution in [0.1, 0.15) is 38.4 Å². The molecule has 1 unspecified atom stereocenters. The van der Waals surface area contributed by atoms with Crippen molar-refractivity contribution in [3.63, 3.8) is 0 Å². The molecule has 1 aliphatic heterocycles. The van der Waals surface area contributed by atoms with Gasteiger partial charge in [0, 0.05) is 19.5 Å². The van der Waals surface area contributed by atoms with Gasteiger partial charge in [0.05, 0.1) is 6.10 Å². The zero-order valence-electron chi connectivity index (χ0n) is 9.72. The molecule has 5 heteroatoms. The average Bonchev–Trinajstić information content (AvgIpc) is 2.56. The Morgan fingerprint density at radius 2 is 2.31 bits per heavy atom. The Labute approximate surface area is 94.7 Å². The number of rotatable bonds is 4. The van der Waals surface area contributed by atoms with Gasteiger partial charge in [0.15, 0.2) is 0 Å². The van der Waals surface area contributed by atoms with E-state index >= 15 is 0 Å². The molecule has 0 saturated heterocycles. The summed E-state index contributed by atoms with van der Waals surface area (Å²) < 4.78 is 3.33. The summed E-state index contributed by atoms with van der Waals surface area (Å²) in [6.45, 7) is 3.19. The van der Waals surface area contributed by atoms with Crippen molar-refractivity contribution in [3.8, 4) is 0 Å². The van der Waals surface area contributed by atoms with Gasteiger partial charge < -0.3 is 5.11 Å². The third-order valence-corrected chi connectivity index (χ3v) is 3.02. The third-order valence-electron chi connectivity index (χ3n) is 3.02. The lowest BCUT2D eigenvalue weighted by molar-refractivity contribution is 0.178. The lowest BCUT2D eigenvalue weighted by atomic mass is 10.2. The van der Waals surface area contributed by atoms with Gasteiger partial charge >= 0.3 is 5.69 Å². The van der Waals surface area contributed by atoms with Crippen LogP contribution in [0.4, 0.5) is 0 Å². The lowest BCUT2D eigenvalue weighted by Gasteiger charge is -2.09. The van der Waals surface area contributed by atoms with Crippen molar-refractivity contribution in [2.75, 3.05) is 0 Å². The molecule has 2 rings (SSSR count). The molecule has 0 saturated carbocycles. The molecule has 0 bridgehead atoms. The molecule has 0 spiro atoms. The summed E-state index contributed by atoms with van der Waals surface area (Å²) in [7, 11) is 0. The van der Waals surface area contributed by atoms with Gasteiger partial charge in [-0.1, -0.05) is 0 Å². The molecule has 0 radical (unpaired) electrons. The number of aliphatic hydroxyl groups excluding tert-OH is 1. The highest BCUT2D eigenvalue weighted by Gasteiger charge is 2.16. The molecule has 1 aromatic rings. The van der Waals surface area contributed by atoms with E-state index in [2.05, 4.69) is 5.10 Å². The quantitative estimate of drug-likeness (QED) is 0.813. The zero-order chi connectivity index (χ0) is 11.5. The summed E-state index contributed by atoms with van der Waals surface area (Å²) in [4.78, 5) is 11.9. The van der Waals surface area contributed by atoms with E-state index in [9.17, 15) is 4.79 Å². The summed E-state index contributed by atoms with van der Waals surface area (Å²) in [5.74, 6) is 0.924. The lowest BCUT2D eigenvalue weighted by Crippen LogP contribution is -2.27. The van der Waals surface area contributed by atoms with Crippen LogP contribution in [0.2, 0.25) is 0 Å². The molecule has 1 atom stereocenters. The monoisotopic (exact) mass is 225 g/mol. The van der Waals surface area contributed by atoms with Gasteiger partial charge in [0.25, 0.3) is 0 Å². The van der Waals surface area contributed by atoms with Crippen molar-refractivity contribution in [1.29, 1.82) is 0 Å². The summed E-state index contributed by atoms with van der Waals surface area (Å²) in [6, 6.07) is 0.